The molecule has 2 bridgehead atoms. The Bertz CT molecular complexity index is 1260. The van der Waals surface area contributed by atoms with Crippen molar-refractivity contribution in [2.75, 3.05) is 33.4 Å². The van der Waals surface area contributed by atoms with Gasteiger partial charge in [-0.25, -0.2) is 0 Å². The van der Waals surface area contributed by atoms with Crippen LogP contribution in [0.4, 0.5) is 0 Å². The summed E-state index contributed by atoms with van der Waals surface area (Å²) >= 11 is 3.67. The molecule has 1 aromatic carbocycles. The van der Waals surface area contributed by atoms with Gasteiger partial charge in [0.25, 0.3) is 0 Å². The lowest BCUT2D eigenvalue weighted by molar-refractivity contribution is -0.163. The number of halogens is 1. The number of esters is 1. The van der Waals surface area contributed by atoms with Crippen LogP contribution in [0.15, 0.2) is 55.6 Å². The molecule has 1 spiro atoms. The quantitative estimate of drug-likeness (QED) is 0.154. The predicted molar refractivity (Wildman–Crippen MR) is 170 cm³/mol. The third-order valence-electron chi connectivity index (χ3n) is 8.87. The number of nitrogens with zero attached hydrogens (tertiary/aromatic N) is 2. The number of hydrogen-bond acceptors (Lipinski definition) is 8. The van der Waals surface area contributed by atoms with Gasteiger partial charge >= 0.3 is 5.97 Å². The van der Waals surface area contributed by atoms with Gasteiger partial charge in [-0.1, -0.05) is 58.4 Å². The summed E-state index contributed by atoms with van der Waals surface area (Å²) in [5.41, 5.74) is -0.663. The third kappa shape index (κ3) is 6.74. The molecule has 3 amide bonds. The molecule has 3 aliphatic rings. The number of fused-ring (bicyclic) bond motifs is 1. The highest BCUT2D eigenvalue weighted by Gasteiger charge is 2.77. The van der Waals surface area contributed by atoms with Gasteiger partial charge in [0.05, 0.1) is 37.2 Å². The van der Waals surface area contributed by atoms with E-state index in [1.165, 1.54) is 12.0 Å². The molecule has 45 heavy (non-hydrogen) atoms. The summed E-state index contributed by atoms with van der Waals surface area (Å²) in [7, 11) is 1.49. The van der Waals surface area contributed by atoms with Gasteiger partial charge in [-0.05, 0) is 32.3 Å². The van der Waals surface area contributed by atoms with Crippen LogP contribution in [0.2, 0.25) is 0 Å². The number of aliphatic hydroxyl groups is 1. The van der Waals surface area contributed by atoms with E-state index in [2.05, 4.69) is 34.4 Å². The average Bonchev–Trinajstić information content (AvgIpc) is 3.60. The van der Waals surface area contributed by atoms with Crippen molar-refractivity contribution in [1.82, 2.24) is 15.1 Å². The first-order valence-electron chi connectivity index (χ1n) is 15.3. The maximum absolute atomic E-state index is 14.3. The number of allylic oxidation sites excluding steroid dienone is 1. The van der Waals surface area contributed by atoms with Gasteiger partial charge in [0.1, 0.15) is 17.7 Å². The number of likely N-dealkylation sites (tertiary alicyclic amines) is 1. The minimum Gasteiger partial charge on any atom is -0.455 e. The number of benzene rings is 1. The highest BCUT2D eigenvalue weighted by Crippen LogP contribution is 2.60. The molecular weight excluding hydrogens is 646 g/mol. The van der Waals surface area contributed by atoms with E-state index < -0.39 is 53.6 Å². The molecule has 0 aromatic heterocycles. The van der Waals surface area contributed by atoms with Crippen LogP contribution in [-0.4, -0.2) is 107 Å². The van der Waals surface area contributed by atoms with Crippen LogP contribution < -0.4 is 5.32 Å². The molecule has 3 saturated heterocycles. The molecule has 3 heterocycles. The first-order valence-corrected chi connectivity index (χ1v) is 16.3. The van der Waals surface area contributed by atoms with Crippen molar-refractivity contribution in [3.63, 3.8) is 0 Å². The standard InChI is InChI=1S/C33H44BrN3O8/c1-6-8-14-24(39)35-23(19-43-5)27(21-12-10-9-11-13-21)44-32(42)25-26-30(40)37(16-17-38)29(31(41)36(15-7-2)20(3)4)33(26)18-22(34)28(25)45-33/h6-7,9-13,20,22-23,25-29,38H,1-2,8,14-19H2,3-5H3,(H,35,39)/t22?,23-,25-,26+,27-,28-,29-,33+/m0/s1. The summed E-state index contributed by atoms with van der Waals surface area (Å²) < 4.78 is 18.2. The molecule has 12 heteroatoms. The molecule has 4 rings (SSSR count). The van der Waals surface area contributed by atoms with Crippen molar-refractivity contribution in [2.24, 2.45) is 11.8 Å². The zero-order valence-corrected chi connectivity index (χ0v) is 27.7. The molecule has 0 saturated carbocycles. The molecular formula is C33H44BrN3O8. The first-order chi connectivity index (χ1) is 21.6. The maximum atomic E-state index is 14.3. The second-order valence-corrected chi connectivity index (χ2v) is 13.2. The zero-order chi connectivity index (χ0) is 32.9. The number of rotatable bonds is 16. The van der Waals surface area contributed by atoms with Gasteiger partial charge in [0.15, 0.2) is 0 Å². The van der Waals surface area contributed by atoms with E-state index >= 15 is 0 Å². The van der Waals surface area contributed by atoms with Crippen LogP contribution in [-0.2, 0) is 33.4 Å². The number of carbonyl (C=O) groups excluding carboxylic acids is 4. The molecule has 0 radical (unpaired) electrons. The number of nitrogens with one attached hydrogen (secondary N) is 1. The van der Waals surface area contributed by atoms with E-state index in [1.807, 2.05) is 19.9 Å². The predicted octanol–water partition coefficient (Wildman–Crippen LogP) is 2.53. The van der Waals surface area contributed by atoms with E-state index in [0.29, 0.717) is 18.4 Å². The van der Waals surface area contributed by atoms with E-state index in [4.69, 9.17) is 14.2 Å². The zero-order valence-electron chi connectivity index (χ0n) is 26.1. The lowest BCUT2D eigenvalue weighted by Gasteiger charge is -2.38. The maximum Gasteiger partial charge on any atom is 0.313 e. The fraction of sp³-hybridized carbons (Fsp3) is 0.576. The molecule has 8 atom stereocenters. The summed E-state index contributed by atoms with van der Waals surface area (Å²) in [6.45, 7) is 11.1. The van der Waals surface area contributed by atoms with Crippen LogP contribution >= 0.6 is 15.9 Å². The Kier molecular flexibility index (Phi) is 11.6. The summed E-state index contributed by atoms with van der Waals surface area (Å²) in [5.74, 6) is -3.72. The van der Waals surface area contributed by atoms with Crippen molar-refractivity contribution in [3.8, 4) is 0 Å². The molecule has 1 unspecified atom stereocenters. The number of aliphatic hydroxyl groups excluding tert-OH is 1. The molecule has 1 aromatic rings. The number of ether oxygens (including phenoxy) is 3. The SMILES string of the molecule is C=CCCC(=O)N[C@@H](COC)[C@@H](OC(=O)[C@@H]1[C@H]2O[C@@]3(CC2Br)[C@H](C(=O)N(CC=C)C(C)C)N(CCO)C(=O)[C@@H]13)c1ccccc1. The average molecular weight is 691 g/mol. The minimum atomic E-state index is -1.30. The third-order valence-corrected chi connectivity index (χ3v) is 9.72. The molecule has 3 fully saturated rings. The molecule has 11 nitrogen and oxygen atoms in total. The van der Waals surface area contributed by atoms with Crippen LogP contribution in [0.1, 0.15) is 44.8 Å². The molecule has 0 aliphatic carbocycles. The Morgan fingerprint density at radius 2 is 1.96 bits per heavy atom. The van der Waals surface area contributed by atoms with Crippen molar-refractivity contribution in [3.05, 3.63) is 61.2 Å². The Labute approximate surface area is 273 Å². The van der Waals surface area contributed by atoms with Gasteiger partial charge in [0, 0.05) is 37.5 Å². The number of alkyl halides is 1. The Hall–Kier alpha value is -3.06. The second kappa shape index (κ2) is 15.0. The van der Waals surface area contributed by atoms with Crippen LogP contribution in [0.5, 0.6) is 0 Å². The smallest absolute Gasteiger partial charge is 0.313 e. The van der Waals surface area contributed by atoms with E-state index in [1.54, 1.807) is 41.3 Å². The first kappa shape index (κ1) is 34.8. The number of β-amino-alcohol motifs (C(OH)–C–C–N with tert-alkyl or cyclic N) is 1. The summed E-state index contributed by atoms with van der Waals surface area (Å²) in [5, 5.41) is 12.8. The van der Waals surface area contributed by atoms with Gasteiger partial charge in [-0.2, -0.15) is 0 Å². The number of amides is 3. The van der Waals surface area contributed by atoms with Gasteiger partial charge in [-0.3, -0.25) is 19.2 Å². The van der Waals surface area contributed by atoms with Gasteiger partial charge in [-0.15, -0.1) is 13.2 Å². The van der Waals surface area contributed by atoms with Crippen molar-refractivity contribution in [2.45, 2.75) is 73.9 Å². The second-order valence-electron chi connectivity index (χ2n) is 12.0. The Morgan fingerprint density at radius 3 is 2.56 bits per heavy atom. The normalized spacial score (nSPS) is 28.0. The molecule has 2 N–H and O–H groups in total. The van der Waals surface area contributed by atoms with Crippen molar-refractivity contribution < 1.29 is 38.5 Å². The van der Waals surface area contributed by atoms with Crippen molar-refractivity contribution in [1.29, 1.82) is 0 Å². The minimum absolute atomic E-state index is 0.0554. The Morgan fingerprint density at radius 1 is 1.24 bits per heavy atom. The van der Waals surface area contributed by atoms with Gasteiger partial charge in [0.2, 0.25) is 17.7 Å². The highest BCUT2D eigenvalue weighted by molar-refractivity contribution is 9.09. The topological polar surface area (TPSA) is 135 Å². The fourth-order valence-electron chi connectivity index (χ4n) is 7.00. The number of methoxy groups -OCH3 is 1. The van der Waals surface area contributed by atoms with E-state index in [9.17, 15) is 24.3 Å². The lowest BCUT2D eigenvalue weighted by Crippen LogP contribution is -2.58. The summed E-state index contributed by atoms with van der Waals surface area (Å²) in [6.07, 6.45) is 2.60. The molecule has 3 aliphatic heterocycles. The lowest BCUT2D eigenvalue weighted by atomic mass is 9.70. The number of hydrogen-bond donors (Lipinski definition) is 2. The summed E-state index contributed by atoms with van der Waals surface area (Å²) in [6, 6.07) is 7.06. The Balaban J connectivity index is 1.70. The van der Waals surface area contributed by atoms with Crippen LogP contribution in [0.3, 0.4) is 0 Å². The van der Waals surface area contributed by atoms with Gasteiger partial charge < -0.3 is 34.4 Å². The monoisotopic (exact) mass is 689 g/mol. The van der Waals surface area contributed by atoms with Crippen LogP contribution in [0.25, 0.3) is 0 Å². The van der Waals surface area contributed by atoms with E-state index in [0.717, 1.165) is 0 Å². The van der Waals surface area contributed by atoms with E-state index in [-0.39, 0.29) is 55.4 Å². The fourth-order valence-corrected chi connectivity index (χ4v) is 7.95. The van der Waals surface area contributed by atoms with Crippen LogP contribution in [0, 0.1) is 11.8 Å². The largest absolute Gasteiger partial charge is 0.455 e. The highest BCUT2D eigenvalue weighted by atomic mass is 79.9. The number of carbonyl (C=O) groups is 4. The van der Waals surface area contributed by atoms with Crippen molar-refractivity contribution >= 4 is 39.6 Å². The molecule has 246 valence electrons. The summed E-state index contributed by atoms with van der Waals surface area (Å²) in [4.78, 5) is 58.0.